The predicted molar refractivity (Wildman–Crippen MR) is 366 cm³/mol. The number of nitrogens with one attached hydrogen (secondary N) is 1. The van der Waals surface area contributed by atoms with Crippen molar-refractivity contribution >= 4 is 11.9 Å². The van der Waals surface area contributed by atoms with Gasteiger partial charge in [0.05, 0.1) is 25.4 Å². The van der Waals surface area contributed by atoms with Gasteiger partial charge in [-0.3, -0.25) is 9.59 Å². The summed E-state index contributed by atoms with van der Waals surface area (Å²) >= 11 is 0. The first-order valence-corrected chi connectivity index (χ1v) is 37.4. The highest BCUT2D eigenvalue weighted by Gasteiger charge is 2.18. The summed E-state index contributed by atoms with van der Waals surface area (Å²) in [6.45, 7) is 4.90. The van der Waals surface area contributed by atoms with E-state index >= 15 is 0 Å². The second-order valence-corrected chi connectivity index (χ2v) is 25.6. The van der Waals surface area contributed by atoms with Gasteiger partial charge in [0.25, 0.3) is 0 Å². The van der Waals surface area contributed by atoms with Gasteiger partial charge in [-0.15, -0.1) is 0 Å². The first kappa shape index (κ1) is 80.8. The number of allylic oxidation sites excluding steroid dienone is 7. The molecule has 0 radical (unpaired) electrons. The van der Waals surface area contributed by atoms with Crippen LogP contribution in [0.1, 0.15) is 406 Å². The lowest BCUT2D eigenvalue weighted by Crippen LogP contribution is -2.45. The minimum absolute atomic E-state index is 0.00194. The van der Waals surface area contributed by atoms with Gasteiger partial charge in [0, 0.05) is 12.8 Å². The number of unbranched alkanes of at least 4 members (excludes halogenated alkanes) is 53. The lowest BCUT2D eigenvalue weighted by molar-refractivity contribution is -0.143. The molecule has 0 fully saturated rings. The maximum absolute atomic E-state index is 12.5. The smallest absolute Gasteiger partial charge is 0.305 e. The summed E-state index contributed by atoms with van der Waals surface area (Å²) in [5.74, 6) is -0.0613. The number of carbonyl (C=O) groups is 2. The Morgan fingerprint density at radius 1 is 0.337 bits per heavy atom. The van der Waals surface area contributed by atoms with Crippen LogP contribution in [0.15, 0.2) is 48.6 Å². The molecule has 6 nitrogen and oxygen atoms in total. The van der Waals surface area contributed by atoms with Gasteiger partial charge in [-0.2, -0.15) is 0 Å². The van der Waals surface area contributed by atoms with E-state index in [0.717, 1.165) is 51.4 Å². The Hall–Kier alpha value is -2.18. The molecule has 488 valence electrons. The number of esters is 1. The first-order chi connectivity index (χ1) is 41.0. The molecule has 3 N–H and O–H groups in total. The van der Waals surface area contributed by atoms with E-state index in [0.29, 0.717) is 19.4 Å². The molecule has 0 aromatic carbocycles. The van der Waals surface area contributed by atoms with E-state index in [4.69, 9.17) is 4.74 Å². The van der Waals surface area contributed by atoms with Gasteiger partial charge in [0.2, 0.25) is 5.91 Å². The molecule has 0 spiro atoms. The molecule has 0 rings (SSSR count). The van der Waals surface area contributed by atoms with E-state index in [1.807, 2.05) is 6.08 Å². The summed E-state index contributed by atoms with van der Waals surface area (Å²) in [6.07, 6.45) is 95.0. The predicted octanol–water partition coefficient (Wildman–Crippen LogP) is 24.4. The Bertz CT molecular complexity index is 1390. The minimum atomic E-state index is -0.846. The standard InChI is InChI=1S/C77H145NO5/c1-3-5-7-9-11-13-15-16-17-18-19-20-21-31-34-37-40-43-46-50-53-57-61-65-69-75(80)74(73-79)78-76(81)70-66-62-58-54-51-47-44-41-38-35-32-29-27-25-23-22-24-26-28-30-33-36-39-42-45-48-52-56-60-64-68-72-83-77(82)71-67-63-59-55-49-14-12-10-8-6-4-2/h10,12,24,26,30,33,65,69,74-75,79-80H,3-9,11,13-23,25,27-29,31-32,34-64,66-68,70-73H2,1-2H3,(H,78,81)/b12-10-,26-24-,33-30-,69-65+. The Labute approximate surface area is 518 Å². The molecule has 1 amide bonds. The number of hydrogen-bond donors (Lipinski definition) is 3. The van der Waals surface area contributed by atoms with Crippen LogP contribution >= 0.6 is 0 Å². The third-order valence-corrected chi connectivity index (χ3v) is 17.3. The zero-order valence-corrected chi connectivity index (χ0v) is 55.9. The Morgan fingerprint density at radius 2 is 0.614 bits per heavy atom. The molecule has 0 saturated carbocycles. The topological polar surface area (TPSA) is 95.9 Å². The van der Waals surface area contributed by atoms with Gasteiger partial charge in [0.15, 0.2) is 0 Å². The molecule has 0 heterocycles. The highest BCUT2D eigenvalue weighted by atomic mass is 16.5. The summed E-state index contributed by atoms with van der Waals surface area (Å²) in [5.41, 5.74) is 0. The van der Waals surface area contributed by atoms with Gasteiger partial charge >= 0.3 is 5.97 Å². The molecular weight excluding hydrogens is 1020 g/mol. The van der Waals surface area contributed by atoms with Crippen LogP contribution < -0.4 is 5.32 Å². The average Bonchev–Trinajstić information content (AvgIpc) is 3.49. The molecule has 0 aromatic heterocycles. The van der Waals surface area contributed by atoms with Crippen LogP contribution in [-0.2, 0) is 14.3 Å². The van der Waals surface area contributed by atoms with Crippen LogP contribution in [0.4, 0.5) is 0 Å². The summed E-state index contributed by atoms with van der Waals surface area (Å²) in [7, 11) is 0. The number of aliphatic hydroxyl groups is 2. The monoisotopic (exact) mass is 1160 g/mol. The summed E-state index contributed by atoms with van der Waals surface area (Å²) in [4.78, 5) is 24.5. The number of aliphatic hydroxyl groups excluding tert-OH is 2. The molecule has 0 bridgehead atoms. The minimum Gasteiger partial charge on any atom is -0.466 e. The number of ether oxygens (including phenoxy) is 1. The van der Waals surface area contributed by atoms with E-state index in [9.17, 15) is 19.8 Å². The largest absolute Gasteiger partial charge is 0.466 e. The van der Waals surface area contributed by atoms with Gasteiger partial charge in [-0.25, -0.2) is 0 Å². The van der Waals surface area contributed by atoms with Gasteiger partial charge in [-0.05, 0) is 83.5 Å². The van der Waals surface area contributed by atoms with Crippen LogP contribution in [0.5, 0.6) is 0 Å². The third kappa shape index (κ3) is 68.8. The zero-order valence-electron chi connectivity index (χ0n) is 55.9. The van der Waals surface area contributed by atoms with E-state index in [-0.39, 0.29) is 18.5 Å². The fourth-order valence-corrected chi connectivity index (χ4v) is 11.6. The van der Waals surface area contributed by atoms with E-state index in [2.05, 4.69) is 55.6 Å². The third-order valence-electron chi connectivity index (χ3n) is 17.3. The maximum Gasteiger partial charge on any atom is 0.305 e. The van der Waals surface area contributed by atoms with Crippen molar-refractivity contribution in [3.8, 4) is 0 Å². The van der Waals surface area contributed by atoms with Crippen molar-refractivity contribution in [3.05, 3.63) is 48.6 Å². The van der Waals surface area contributed by atoms with Crippen LogP contribution in [0.25, 0.3) is 0 Å². The molecule has 6 heteroatoms. The molecule has 0 aliphatic rings. The highest BCUT2D eigenvalue weighted by Crippen LogP contribution is 2.19. The van der Waals surface area contributed by atoms with Gasteiger partial charge < -0.3 is 20.3 Å². The molecule has 2 unspecified atom stereocenters. The Balaban J connectivity index is 3.43. The summed E-state index contributed by atoms with van der Waals surface area (Å²) < 4.78 is 5.46. The number of rotatable bonds is 70. The molecule has 83 heavy (non-hydrogen) atoms. The van der Waals surface area contributed by atoms with Crippen LogP contribution in [0.3, 0.4) is 0 Å². The maximum atomic E-state index is 12.5. The molecule has 2 atom stereocenters. The normalized spacial score (nSPS) is 12.8. The molecule has 0 aliphatic carbocycles. The van der Waals surface area contributed by atoms with Crippen molar-refractivity contribution in [1.82, 2.24) is 5.32 Å². The molecule has 0 aliphatic heterocycles. The quantitative estimate of drug-likeness (QED) is 0.0320. The van der Waals surface area contributed by atoms with Crippen molar-refractivity contribution < 1.29 is 24.5 Å². The number of amides is 1. The van der Waals surface area contributed by atoms with E-state index in [1.165, 1.54) is 327 Å². The first-order valence-electron chi connectivity index (χ1n) is 37.4. The summed E-state index contributed by atoms with van der Waals surface area (Å²) in [5, 5.41) is 23.3. The van der Waals surface area contributed by atoms with Crippen LogP contribution in [-0.4, -0.2) is 47.4 Å². The van der Waals surface area contributed by atoms with Crippen molar-refractivity contribution in [2.45, 2.75) is 418 Å². The van der Waals surface area contributed by atoms with E-state index < -0.39 is 12.1 Å². The summed E-state index contributed by atoms with van der Waals surface area (Å²) in [6, 6.07) is -0.630. The van der Waals surface area contributed by atoms with Crippen molar-refractivity contribution in [3.63, 3.8) is 0 Å². The van der Waals surface area contributed by atoms with Gasteiger partial charge in [-0.1, -0.05) is 358 Å². The number of carbonyl (C=O) groups excluding carboxylic acids is 2. The molecule has 0 aromatic rings. The highest BCUT2D eigenvalue weighted by molar-refractivity contribution is 5.76. The Morgan fingerprint density at radius 3 is 0.964 bits per heavy atom. The van der Waals surface area contributed by atoms with Gasteiger partial charge in [0.1, 0.15) is 0 Å². The second-order valence-electron chi connectivity index (χ2n) is 25.6. The lowest BCUT2D eigenvalue weighted by atomic mass is 10.0. The fourth-order valence-electron chi connectivity index (χ4n) is 11.6. The molecule has 0 saturated heterocycles. The lowest BCUT2D eigenvalue weighted by Gasteiger charge is -2.20. The van der Waals surface area contributed by atoms with Crippen molar-refractivity contribution in [2.24, 2.45) is 0 Å². The van der Waals surface area contributed by atoms with Crippen molar-refractivity contribution in [1.29, 1.82) is 0 Å². The zero-order chi connectivity index (χ0) is 59.9. The van der Waals surface area contributed by atoms with Crippen LogP contribution in [0, 0.1) is 0 Å². The fraction of sp³-hybridized carbons (Fsp3) is 0.870. The van der Waals surface area contributed by atoms with Crippen molar-refractivity contribution in [2.75, 3.05) is 13.2 Å². The molecular formula is C77H145NO5. The number of hydrogen-bond acceptors (Lipinski definition) is 5. The average molecular weight is 1170 g/mol. The SMILES string of the molecule is CCCC/C=C\CCCCCCCC(=O)OCCCCCCCCCCC/C=C\C/C=C\CCCCCCCCCCCCCCCCCC(=O)NC(CO)C(O)/C=C/CCCCCCCCCCCCCCCCCCCCCCCC. The second kappa shape index (κ2) is 72.3. The Kier molecular flexibility index (Phi) is 70.4. The van der Waals surface area contributed by atoms with E-state index in [1.54, 1.807) is 6.08 Å². The van der Waals surface area contributed by atoms with Crippen LogP contribution in [0.2, 0.25) is 0 Å².